The first-order valence-corrected chi connectivity index (χ1v) is 5.47. The van der Waals surface area contributed by atoms with E-state index < -0.39 is 5.60 Å². The molecule has 3 nitrogen and oxygen atoms in total. The van der Waals surface area contributed by atoms with Crippen molar-refractivity contribution in [3.63, 3.8) is 0 Å². The average molecular weight is 214 g/mol. The predicted molar refractivity (Wildman–Crippen MR) is 64.6 cm³/mol. The van der Waals surface area contributed by atoms with E-state index >= 15 is 0 Å². The number of pyridine rings is 1. The molecule has 1 saturated heterocycles. The highest BCUT2D eigenvalue weighted by atomic mass is 16.3. The summed E-state index contributed by atoms with van der Waals surface area (Å²) in [6.45, 7) is 3.18. The van der Waals surface area contributed by atoms with Crippen LogP contribution in [0.25, 0.3) is 10.8 Å². The van der Waals surface area contributed by atoms with Crippen LogP contribution in [0.3, 0.4) is 0 Å². The molecule has 16 heavy (non-hydrogen) atoms. The summed E-state index contributed by atoms with van der Waals surface area (Å²) in [6.07, 6.45) is 1.82. The van der Waals surface area contributed by atoms with Gasteiger partial charge in [0.15, 0.2) is 0 Å². The number of aliphatic hydroxyl groups is 1. The molecule has 1 aromatic heterocycles. The smallest absolute Gasteiger partial charge is 0.136 e. The van der Waals surface area contributed by atoms with Crippen LogP contribution in [-0.2, 0) is 0 Å². The van der Waals surface area contributed by atoms with Crippen molar-refractivity contribution >= 4 is 16.6 Å². The summed E-state index contributed by atoms with van der Waals surface area (Å²) in [7, 11) is 0. The van der Waals surface area contributed by atoms with Crippen molar-refractivity contribution in [2.24, 2.45) is 0 Å². The van der Waals surface area contributed by atoms with Crippen molar-refractivity contribution in [3.05, 3.63) is 36.5 Å². The van der Waals surface area contributed by atoms with E-state index in [4.69, 9.17) is 0 Å². The lowest BCUT2D eigenvalue weighted by atomic mass is 9.96. The van der Waals surface area contributed by atoms with Gasteiger partial charge < -0.3 is 10.0 Å². The van der Waals surface area contributed by atoms with Crippen LogP contribution in [0.1, 0.15) is 6.92 Å². The third-order valence-corrected chi connectivity index (χ3v) is 3.02. The zero-order chi connectivity index (χ0) is 11.2. The first kappa shape index (κ1) is 9.60. The number of benzene rings is 1. The molecule has 82 valence electrons. The summed E-state index contributed by atoms with van der Waals surface area (Å²) in [5.41, 5.74) is -0.557. The molecule has 0 atom stereocenters. The molecule has 0 amide bonds. The van der Waals surface area contributed by atoms with Crippen molar-refractivity contribution < 1.29 is 5.11 Å². The zero-order valence-corrected chi connectivity index (χ0v) is 9.22. The van der Waals surface area contributed by atoms with E-state index in [1.54, 1.807) is 0 Å². The Morgan fingerprint density at radius 3 is 2.75 bits per heavy atom. The number of rotatable bonds is 1. The average Bonchev–Trinajstić information content (AvgIpc) is 2.25. The topological polar surface area (TPSA) is 36.4 Å². The van der Waals surface area contributed by atoms with Crippen LogP contribution >= 0.6 is 0 Å². The van der Waals surface area contributed by atoms with Gasteiger partial charge in [-0.05, 0) is 18.4 Å². The fraction of sp³-hybridized carbons (Fsp3) is 0.308. The van der Waals surface area contributed by atoms with Crippen molar-refractivity contribution in [3.8, 4) is 0 Å². The Morgan fingerprint density at radius 2 is 2.00 bits per heavy atom. The van der Waals surface area contributed by atoms with E-state index in [9.17, 15) is 5.11 Å². The molecule has 3 rings (SSSR count). The maximum absolute atomic E-state index is 9.75. The number of β-amino-alcohol motifs (C(OH)–C–C–N with tert-alkyl or cyclic N) is 1. The second kappa shape index (κ2) is 3.19. The van der Waals surface area contributed by atoms with Crippen LogP contribution in [0.2, 0.25) is 0 Å². The molecule has 1 aliphatic heterocycles. The second-order valence-electron chi connectivity index (χ2n) is 4.71. The van der Waals surface area contributed by atoms with Gasteiger partial charge in [0.1, 0.15) is 5.82 Å². The molecular weight excluding hydrogens is 200 g/mol. The first-order valence-electron chi connectivity index (χ1n) is 5.47. The summed E-state index contributed by atoms with van der Waals surface area (Å²) in [4.78, 5) is 6.52. The van der Waals surface area contributed by atoms with Gasteiger partial charge in [-0.15, -0.1) is 0 Å². The van der Waals surface area contributed by atoms with Crippen molar-refractivity contribution in [2.45, 2.75) is 12.5 Å². The maximum Gasteiger partial charge on any atom is 0.136 e. The Hall–Kier alpha value is -1.61. The van der Waals surface area contributed by atoms with Crippen LogP contribution < -0.4 is 4.90 Å². The Bertz CT molecular complexity index is 523. The number of hydrogen-bond donors (Lipinski definition) is 1. The minimum atomic E-state index is -0.557. The quantitative estimate of drug-likeness (QED) is 0.786. The fourth-order valence-corrected chi connectivity index (χ4v) is 2.28. The van der Waals surface area contributed by atoms with E-state index in [0.29, 0.717) is 13.1 Å². The molecule has 2 heterocycles. The maximum atomic E-state index is 9.75. The largest absolute Gasteiger partial charge is 0.386 e. The zero-order valence-electron chi connectivity index (χ0n) is 9.22. The monoisotopic (exact) mass is 214 g/mol. The van der Waals surface area contributed by atoms with Crippen LogP contribution in [-0.4, -0.2) is 28.8 Å². The lowest BCUT2D eigenvalue weighted by Crippen LogP contribution is -2.60. The highest BCUT2D eigenvalue weighted by Crippen LogP contribution is 2.30. The normalized spacial score (nSPS) is 18.5. The first-order chi connectivity index (χ1) is 7.66. The molecule has 0 unspecified atom stereocenters. The third-order valence-electron chi connectivity index (χ3n) is 3.02. The number of anilines is 1. The minimum Gasteiger partial charge on any atom is -0.386 e. The van der Waals surface area contributed by atoms with Crippen LogP contribution in [0, 0.1) is 0 Å². The second-order valence-corrected chi connectivity index (χ2v) is 4.71. The molecule has 2 aromatic rings. The predicted octanol–water partition coefficient (Wildman–Crippen LogP) is 1.81. The summed E-state index contributed by atoms with van der Waals surface area (Å²) < 4.78 is 0. The molecule has 0 saturated carbocycles. The molecule has 0 bridgehead atoms. The molecule has 1 fully saturated rings. The van der Waals surface area contributed by atoms with Crippen molar-refractivity contribution in [1.29, 1.82) is 0 Å². The van der Waals surface area contributed by atoms with E-state index in [0.717, 1.165) is 11.2 Å². The SMILES string of the molecule is CC1(O)CN(c2nccc3ccccc23)C1. The van der Waals surface area contributed by atoms with Crippen molar-refractivity contribution in [1.82, 2.24) is 4.98 Å². The highest BCUT2D eigenvalue weighted by molar-refractivity contribution is 5.92. The van der Waals surface area contributed by atoms with Gasteiger partial charge in [-0.3, -0.25) is 0 Å². The molecule has 0 spiro atoms. The van der Waals surface area contributed by atoms with Gasteiger partial charge in [-0.1, -0.05) is 24.3 Å². The summed E-state index contributed by atoms with van der Waals surface area (Å²) in [5.74, 6) is 0.977. The molecule has 1 aliphatic rings. The van der Waals surface area contributed by atoms with Gasteiger partial charge in [0.25, 0.3) is 0 Å². The Balaban J connectivity index is 2.05. The van der Waals surface area contributed by atoms with E-state index in [-0.39, 0.29) is 0 Å². The lowest BCUT2D eigenvalue weighted by Gasteiger charge is -2.45. The Kier molecular flexibility index (Phi) is 1.91. The third kappa shape index (κ3) is 1.44. The van der Waals surface area contributed by atoms with Crippen molar-refractivity contribution in [2.75, 3.05) is 18.0 Å². The van der Waals surface area contributed by atoms with E-state index in [2.05, 4.69) is 22.0 Å². The van der Waals surface area contributed by atoms with Gasteiger partial charge >= 0.3 is 0 Å². The summed E-state index contributed by atoms with van der Waals surface area (Å²) >= 11 is 0. The molecule has 1 N–H and O–H groups in total. The van der Waals surface area contributed by atoms with Gasteiger partial charge in [-0.2, -0.15) is 0 Å². The number of aromatic nitrogens is 1. The van der Waals surface area contributed by atoms with Gasteiger partial charge in [-0.25, -0.2) is 4.98 Å². The van der Waals surface area contributed by atoms with Crippen LogP contribution in [0.15, 0.2) is 36.5 Å². The minimum absolute atomic E-state index is 0.557. The Morgan fingerprint density at radius 1 is 1.25 bits per heavy atom. The van der Waals surface area contributed by atoms with E-state index in [1.807, 2.05) is 31.3 Å². The molecule has 0 aliphatic carbocycles. The summed E-state index contributed by atoms with van der Waals surface area (Å²) in [5, 5.41) is 12.1. The number of fused-ring (bicyclic) bond motifs is 1. The lowest BCUT2D eigenvalue weighted by molar-refractivity contribution is 0.0307. The number of nitrogens with zero attached hydrogens (tertiary/aromatic N) is 2. The Labute approximate surface area is 94.3 Å². The standard InChI is InChI=1S/C13H14N2O/c1-13(16)8-15(9-13)12-11-5-3-2-4-10(11)6-7-14-12/h2-7,16H,8-9H2,1H3. The van der Waals surface area contributed by atoms with Gasteiger partial charge in [0, 0.05) is 24.7 Å². The highest BCUT2D eigenvalue weighted by Gasteiger charge is 2.37. The molecular formula is C13H14N2O. The van der Waals surface area contributed by atoms with Crippen LogP contribution in [0.4, 0.5) is 5.82 Å². The molecule has 1 aromatic carbocycles. The summed E-state index contributed by atoms with van der Waals surface area (Å²) in [6, 6.07) is 10.2. The molecule has 0 radical (unpaired) electrons. The molecule has 3 heteroatoms. The number of hydrogen-bond acceptors (Lipinski definition) is 3. The van der Waals surface area contributed by atoms with Gasteiger partial charge in [0.05, 0.1) is 5.60 Å². The van der Waals surface area contributed by atoms with Gasteiger partial charge in [0.2, 0.25) is 0 Å². The fourth-order valence-electron chi connectivity index (χ4n) is 2.28. The van der Waals surface area contributed by atoms with E-state index in [1.165, 1.54) is 5.39 Å². The van der Waals surface area contributed by atoms with Crippen LogP contribution in [0.5, 0.6) is 0 Å².